The molecule has 1 rings (SSSR count). The molecule has 1 aromatic rings. The first-order valence-corrected chi connectivity index (χ1v) is 8.74. The van der Waals surface area contributed by atoms with Crippen LogP contribution in [0.15, 0.2) is 23.1 Å². The minimum atomic E-state index is -3.48. The highest BCUT2D eigenvalue weighted by molar-refractivity contribution is 7.89. The topological polar surface area (TPSA) is 72.6 Å². The van der Waals surface area contributed by atoms with Gasteiger partial charge in [0.15, 0.2) is 0 Å². The van der Waals surface area contributed by atoms with Crippen LogP contribution < -0.4 is 10.5 Å². The van der Waals surface area contributed by atoms with E-state index >= 15 is 0 Å². The Balaban J connectivity index is 3.06. The first kappa shape index (κ1) is 17.9. The monoisotopic (exact) mass is 314 g/mol. The predicted molar refractivity (Wildman–Crippen MR) is 85.1 cm³/mol. The standard InChI is InChI=1S/C15H26N2O3S/c1-4-5-6-11-17(2)21(18,19)15-8-7-14(20-3)12-13(15)9-10-16/h7-8,12H,4-6,9-11,16H2,1-3H3. The van der Waals surface area contributed by atoms with E-state index in [0.717, 1.165) is 19.3 Å². The van der Waals surface area contributed by atoms with Crippen molar-refractivity contribution in [1.29, 1.82) is 0 Å². The van der Waals surface area contributed by atoms with Gasteiger partial charge in [-0.05, 0) is 43.1 Å². The molecular formula is C15H26N2O3S. The molecule has 0 bridgehead atoms. The van der Waals surface area contributed by atoms with Crippen molar-refractivity contribution < 1.29 is 13.2 Å². The van der Waals surface area contributed by atoms with Gasteiger partial charge in [-0.15, -0.1) is 0 Å². The summed E-state index contributed by atoms with van der Waals surface area (Å²) in [5.41, 5.74) is 6.30. The van der Waals surface area contributed by atoms with Crippen molar-refractivity contribution in [1.82, 2.24) is 4.31 Å². The van der Waals surface area contributed by atoms with Crippen LogP contribution in [0.5, 0.6) is 5.75 Å². The molecule has 0 unspecified atom stereocenters. The van der Waals surface area contributed by atoms with Gasteiger partial charge in [0.1, 0.15) is 5.75 Å². The summed E-state index contributed by atoms with van der Waals surface area (Å²) < 4.78 is 31.9. The summed E-state index contributed by atoms with van der Waals surface area (Å²) >= 11 is 0. The fourth-order valence-corrected chi connectivity index (χ4v) is 3.60. The second kappa shape index (κ2) is 8.36. The summed E-state index contributed by atoms with van der Waals surface area (Å²) in [5.74, 6) is 0.644. The molecule has 0 aliphatic rings. The second-order valence-corrected chi connectivity index (χ2v) is 7.06. The fourth-order valence-electron chi connectivity index (χ4n) is 2.16. The van der Waals surface area contributed by atoms with Crippen molar-refractivity contribution in [2.45, 2.75) is 37.5 Å². The zero-order valence-electron chi connectivity index (χ0n) is 13.1. The number of benzene rings is 1. The average Bonchev–Trinajstić information content (AvgIpc) is 2.47. The Labute approximate surface area is 128 Å². The molecule has 0 saturated heterocycles. The van der Waals surface area contributed by atoms with E-state index in [-0.39, 0.29) is 0 Å². The number of unbranched alkanes of at least 4 members (excludes halogenated alkanes) is 2. The van der Waals surface area contributed by atoms with Gasteiger partial charge in [-0.3, -0.25) is 0 Å². The molecule has 0 aliphatic carbocycles. The Morgan fingerprint density at radius 1 is 1.29 bits per heavy atom. The maximum atomic E-state index is 12.7. The molecule has 120 valence electrons. The van der Waals surface area contributed by atoms with Crippen LogP contribution in [0.3, 0.4) is 0 Å². The van der Waals surface area contributed by atoms with Gasteiger partial charge in [0.05, 0.1) is 12.0 Å². The van der Waals surface area contributed by atoms with Gasteiger partial charge in [-0.1, -0.05) is 19.8 Å². The van der Waals surface area contributed by atoms with Crippen molar-refractivity contribution in [3.63, 3.8) is 0 Å². The zero-order valence-corrected chi connectivity index (χ0v) is 13.9. The average molecular weight is 314 g/mol. The molecule has 6 heteroatoms. The van der Waals surface area contributed by atoms with E-state index in [1.165, 1.54) is 4.31 Å². The lowest BCUT2D eigenvalue weighted by atomic mass is 10.1. The van der Waals surface area contributed by atoms with Crippen LogP contribution in [0.2, 0.25) is 0 Å². The summed E-state index contributed by atoms with van der Waals surface area (Å²) in [5, 5.41) is 0. The van der Waals surface area contributed by atoms with Crippen molar-refractivity contribution in [2.24, 2.45) is 5.73 Å². The third-order valence-electron chi connectivity index (χ3n) is 3.45. The molecule has 0 amide bonds. The lowest BCUT2D eigenvalue weighted by Crippen LogP contribution is -2.29. The summed E-state index contributed by atoms with van der Waals surface area (Å²) in [6.07, 6.45) is 3.47. The van der Waals surface area contributed by atoms with Crippen molar-refractivity contribution in [2.75, 3.05) is 27.2 Å². The summed E-state index contributed by atoms with van der Waals surface area (Å²) in [6, 6.07) is 5.03. The zero-order chi connectivity index (χ0) is 15.9. The third-order valence-corrected chi connectivity index (χ3v) is 5.40. The lowest BCUT2D eigenvalue weighted by molar-refractivity contribution is 0.413. The highest BCUT2D eigenvalue weighted by Gasteiger charge is 2.23. The highest BCUT2D eigenvalue weighted by Crippen LogP contribution is 2.24. The third kappa shape index (κ3) is 4.69. The number of methoxy groups -OCH3 is 1. The Morgan fingerprint density at radius 3 is 2.57 bits per heavy atom. The Kier molecular flexibility index (Phi) is 7.14. The van der Waals surface area contributed by atoms with Crippen LogP contribution in [0.25, 0.3) is 0 Å². The van der Waals surface area contributed by atoms with E-state index in [1.807, 2.05) is 0 Å². The van der Waals surface area contributed by atoms with E-state index in [2.05, 4.69) is 6.92 Å². The molecule has 0 spiro atoms. The molecule has 0 radical (unpaired) electrons. The van der Waals surface area contributed by atoms with Gasteiger partial charge >= 0.3 is 0 Å². The first-order chi connectivity index (χ1) is 9.97. The van der Waals surface area contributed by atoms with Gasteiger partial charge in [0, 0.05) is 13.6 Å². The number of rotatable bonds is 9. The van der Waals surface area contributed by atoms with Gasteiger partial charge in [-0.2, -0.15) is 0 Å². The normalized spacial score (nSPS) is 11.9. The van der Waals surface area contributed by atoms with Gasteiger partial charge < -0.3 is 10.5 Å². The fraction of sp³-hybridized carbons (Fsp3) is 0.600. The molecule has 5 nitrogen and oxygen atoms in total. The molecule has 0 aromatic heterocycles. The van der Waals surface area contributed by atoms with Crippen LogP contribution in [-0.2, 0) is 16.4 Å². The van der Waals surface area contributed by atoms with Gasteiger partial charge in [0.25, 0.3) is 0 Å². The van der Waals surface area contributed by atoms with Gasteiger partial charge in [0.2, 0.25) is 10.0 Å². The largest absolute Gasteiger partial charge is 0.497 e. The molecule has 1 aromatic carbocycles. The van der Waals surface area contributed by atoms with E-state index in [4.69, 9.17) is 10.5 Å². The number of nitrogens with zero attached hydrogens (tertiary/aromatic N) is 1. The van der Waals surface area contributed by atoms with Crippen molar-refractivity contribution in [3.8, 4) is 5.75 Å². The van der Waals surface area contributed by atoms with E-state index in [0.29, 0.717) is 35.7 Å². The van der Waals surface area contributed by atoms with Gasteiger partial charge in [-0.25, -0.2) is 12.7 Å². The number of sulfonamides is 1. The SMILES string of the molecule is CCCCCN(C)S(=O)(=O)c1ccc(OC)cc1CCN. The summed E-state index contributed by atoms with van der Waals surface area (Å²) in [7, 11) is -0.287. The number of hydrogen-bond acceptors (Lipinski definition) is 4. The maximum absolute atomic E-state index is 12.7. The molecule has 0 heterocycles. The molecule has 2 N–H and O–H groups in total. The Morgan fingerprint density at radius 2 is 2.00 bits per heavy atom. The minimum absolute atomic E-state index is 0.327. The summed E-state index contributed by atoms with van der Waals surface area (Å²) in [6.45, 7) is 3.02. The van der Waals surface area contributed by atoms with Crippen molar-refractivity contribution >= 4 is 10.0 Å². The molecule has 0 aliphatic heterocycles. The second-order valence-electron chi connectivity index (χ2n) is 5.05. The van der Waals surface area contributed by atoms with Crippen molar-refractivity contribution in [3.05, 3.63) is 23.8 Å². The number of nitrogens with two attached hydrogens (primary N) is 1. The number of ether oxygens (including phenoxy) is 1. The van der Waals surface area contributed by atoms with E-state index < -0.39 is 10.0 Å². The predicted octanol–water partition coefficient (Wildman–Crippen LogP) is 2.01. The van der Waals surface area contributed by atoms with Crippen LogP contribution >= 0.6 is 0 Å². The van der Waals surface area contributed by atoms with Crippen LogP contribution in [0.4, 0.5) is 0 Å². The van der Waals surface area contributed by atoms with Crippen LogP contribution in [-0.4, -0.2) is 40.0 Å². The smallest absolute Gasteiger partial charge is 0.243 e. The molecule has 0 saturated carbocycles. The Bertz CT molecular complexity index is 544. The summed E-state index contributed by atoms with van der Waals surface area (Å²) in [4.78, 5) is 0.327. The van der Waals surface area contributed by atoms with Crippen LogP contribution in [0.1, 0.15) is 31.7 Å². The molecule has 0 fully saturated rings. The maximum Gasteiger partial charge on any atom is 0.243 e. The molecule has 21 heavy (non-hydrogen) atoms. The lowest BCUT2D eigenvalue weighted by Gasteiger charge is -2.19. The molecular weight excluding hydrogens is 288 g/mol. The number of hydrogen-bond donors (Lipinski definition) is 1. The quantitative estimate of drug-likeness (QED) is 0.708. The molecule has 0 atom stereocenters. The first-order valence-electron chi connectivity index (χ1n) is 7.30. The van der Waals surface area contributed by atoms with E-state index in [1.54, 1.807) is 32.4 Å². The highest BCUT2D eigenvalue weighted by atomic mass is 32.2. The van der Waals surface area contributed by atoms with E-state index in [9.17, 15) is 8.42 Å². The minimum Gasteiger partial charge on any atom is -0.497 e. The Hall–Kier alpha value is -1.11. The van der Waals surface area contributed by atoms with Crippen LogP contribution in [0, 0.1) is 0 Å².